The van der Waals surface area contributed by atoms with E-state index in [-0.39, 0.29) is 28.9 Å². The van der Waals surface area contributed by atoms with E-state index in [1.165, 1.54) is 16.6 Å². The van der Waals surface area contributed by atoms with Gasteiger partial charge in [-0.3, -0.25) is 14.4 Å². The maximum absolute atomic E-state index is 12.2. The molecule has 4 N–H and O–H groups in total. The molecular formula is C22H26N6O10. The van der Waals surface area contributed by atoms with Gasteiger partial charge in [0, 0.05) is 12.8 Å². The van der Waals surface area contributed by atoms with Gasteiger partial charge in [-0.15, -0.1) is 0 Å². The predicted octanol–water partition coefficient (Wildman–Crippen LogP) is -0.653. The quantitative estimate of drug-likeness (QED) is 0.206. The van der Waals surface area contributed by atoms with Crippen molar-refractivity contribution in [1.82, 2.24) is 14.6 Å². The molecule has 1 fully saturated rings. The van der Waals surface area contributed by atoms with Gasteiger partial charge in [0.1, 0.15) is 36.7 Å². The fourth-order valence-corrected chi connectivity index (χ4v) is 3.55. The monoisotopic (exact) mass is 534 g/mol. The fraction of sp³-hybridized carbons (Fsp3) is 0.500. The molecule has 1 amide bonds. The number of aliphatic hydroxyl groups excluding tert-OH is 1. The molecule has 3 rings (SSSR count). The summed E-state index contributed by atoms with van der Waals surface area (Å²) in [6.45, 7) is 2.71. The zero-order valence-electron chi connectivity index (χ0n) is 20.7. The van der Waals surface area contributed by atoms with Crippen molar-refractivity contribution in [2.24, 2.45) is 11.7 Å². The number of carbonyl (C=O) groups is 4. The second kappa shape index (κ2) is 11.8. The average molecular weight is 534 g/mol. The Morgan fingerprint density at radius 2 is 2.03 bits per heavy atom. The van der Waals surface area contributed by atoms with E-state index < -0.39 is 62.0 Å². The lowest BCUT2D eigenvalue weighted by Crippen LogP contribution is -2.43. The maximum Gasteiger partial charge on any atom is 0.511 e. The minimum atomic E-state index is -2.19. The van der Waals surface area contributed by atoms with Crippen molar-refractivity contribution in [3.63, 3.8) is 0 Å². The van der Waals surface area contributed by atoms with Crippen LogP contribution in [0.2, 0.25) is 0 Å². The summed E-state index contributed by atoms with van der Waals surface area (Å²) in [6, 6.07) is 4.79. The summed E-state index contributed by atoms with van der Waals surface area (Å²) < 4.78 is 26.4. The molecule has 1 aliphatic heterocycles. The highest BCUT2D eigenvalue weighted by Crippen LogP contribution is 2.42. The van der Waals surface area contributed by atoms with Gasteiger partial charge in [0.2, 0.25) is 18.3 Å². The molecule has 38 heavy (non-hydrogen) atoms. The Morgan fingerprint density at radius 3 is 2.66 bits per heavy atom. The molecule has 0 aromatic carbocycles. The number of nitrogens with two attached hydrogens (primary N) is 1. The molecule has 4 atom stereocenters. The third-order valence-electron chi connectivity index (χ3n) is 5.44. The van der Waals surface area contributed by atoms with Gasteiger partial charge in [0.15, 0.2) is 11.9 Å². The van der Waals surface area contributed by atoms with Crippen LogP contribution in [-0.2, 0) is 43.7 Å². The molecule has 16 nitrogen and oxygen atoms in total. The SMILES string of the molecule is CC(=O)OCOC(=O)O[C@H]1[C@@H](O)[C@](C#N)(c2ccc3c(NC(=O)C(C)C)ncnn23)O[C@@H]1COC(=O)CN. The van der Waals surface area contributed by atoms with Crippen LogP contribution in [0, 0.1) is 17.2 Å². The van der Waals surface area contributed by atoms with Crippen LogP contribution >= 0.6 is 0 Å². The van der Waals surface area contributed by atoms with Gasteiger partial charge in [-0.2, -0.15) is 10.4 Å². The first kappa shape index (κ1) is 28.2. The number of nitrogens with one attached hydrogen (secondary N) is 1. The zero-order valence-corrected chi connectivity index (χ0v) is 20.7. The molecule has 2 aromatic rings. The molecule has 2 aromatic heterocycles. The lowest BCUT2D eigenvalue weighted by atomic mass is 9.92. The van der Waals surface area contributed by atoms with E-state index in [0.29, 0.717) is 0 Å². The normalized spacial score (nSPS) is 22.5. The van der Waals surface area contributed by atoms with Gasteiger partial charge in [0.25, 0.3) is 0 Å². The van der Waals surface area contributed by atoms with Crippen molar-refractivity contribution >= 4 is 35.3 Å². The average Bonchev–Trinajstić information content (AvgIpc) is 3.43. The molecule has 0 radical (unpaired) electrons. The lowest BCUT2D eigenvalue weighted by molar-refractivity contribution is -0.152. The van der Waals surface area contributed by atoms with E-state index in [0.717, 1.165) is 13.3 Å². The molecule has 204 valence electrons. The number of aromatic nitrogens is 3. The topological polar surface area (TPSA) is 227 Å². The number of hydrogen-bond donors (Lipinski definition) is 3. The third kappa shape index (κ3) is 5.80. The van der Waals surface area contributed by atoms with Crippen molar-refractivity contribution in [2.75, 3.05) is 25.3 Å². The first-order valence-electron chi connectivity index (χ1n) is 11.3. The van der Waals surface area contributed by atoms with E-state index in [4.69, 9.17) is 19.9 Å². The summed E-state index contributed by atoms with van der Waals surface area (Å²) in [6.07, 6.45) is -5.02. The molecule has 0 aliphatic carbocycles. The second-order valence-corrected chi connectivity index (χ2v) is 8.33. The van der Waals surface area contributed by atoms with Crippen LogP contribution in [0.3, 0.4) is 0 Å². The van der Waals surface area contributed by atoms with Gasteiger partial charge in [0.05, 0.1) is 12.2 Å². The number of rotatable bonds is 9. The Labute approximate surface area is 215 Å². The summed E-state index contributed by atoms with van der Waals surface area (Å²) >= 11 is 0. The van der Waals surface area contributed by atoms with Crippen LogP contribution in [0.15, 0.2) is 18.5 Å². The molecule has 16 heteroatoms. The molecule has 0 saturated carbocycles. The third-order valence-corrected chi connectivity index (χ3v) is 5.44. The predicted molar refractivity (Wildman–Crippen MR) is 123 cm³/mol. The summed E-state index contributed by atoms with van der Waals surface area (Å²) in [4.78, 5) is 51.0. The number of esters is 2. The molecule has 0 unspecified atom stereocenters. The molecule has 0 bridgehead atoms. The second-order valence-electron chi connectivity index (χ2n) is 8.33. The highest BCUT2D eigenvalue weighted by atomic mass is 16.8. The van der Waals surface area contributed by atoms with Gasteiger partial charge in [-0.1, -0.05) is 13.8 Å². The maximum atomic E-state index is 12.2. The largest absolute Gasteiger partial charge is 0.511 e. The minimum Gasteiger partial charge on any atom is -0.462 e. The Balaban J connectivity index is 1.96. The number of fused-ring (bicyclic) bond motifs is 1. The van der Waals surface area contributed by atoms with Crippen LogP contribution in [0.5, 0.6) is 0 Å². The number of nitriles is 1. The van der Waals surface area contributed by atoms with E-state index in [1.807, 2.05) is 6.07 Å². The van der Waals surface area contributed by atoms with Crippen LogP contribution in [0.25, 0.3) is 5.52 Å². The first-order valence-corrected chi connectivity index (χ1v) is 11.3. The number of amides is 1. The Hall–Kier alpha value is -4.33. The van der Waals surface area contributed by atoms with Crippen molar-refractivity contribution in [2.45, 2.75) is 44.7 Å². The van der Waals surface area contributed by atoms with Gasteiger partial charge in [-0.25, -0.2) is 14.3 Å². The molecular weight excluding hydrogens is 508 g/mol. The Morgan fingerprint density at radius 1 is 1.29 bits per heavy atom. The fourth-order valence-electron chi connectivity index (χ4n) is 3.55. The number of nitrogens with zero attached hydrogens (tertiary/aromatic N) is 4. The number of ether oxygens (including phenoxy) is 5. The van der Waals surface area contributed by atoms with Crippen molar-refractivity contribution in [3.8, 4) is 6.07 Å². The van der Waals surface area contributed by atoms with Crippen LogP contribution in [0.4, 0.5) is 10.6 Å². The van der Waals surface area contributed by atoms with E-state index in [9.17, 15) is 29.5 Å². The minimum absolute atomic E-state index is 0.000484. The van der Waals surface area contributed by atoms with Crippen LogP contribution < -0.4 is 11.1 Å². The van der Waals surface area contributed by atoms with Gasteiger partial charge < -0.3 is 39.8 Å². The van der Waals surface area contributed by atoms with Crippen molar-refractivity contribution < 1.29 is 48.0 Å². The summed E-state index contributed by atoms with van der Waals surface area (Å²) in [5, 5.41) is 28.2. The lowest BCUT2D eigenvalue weighted by Gasteiger charge is -2.24. The Kier molecular flexibility index (Phi) is 8.78. The highest BCUT2D eigenvalue weighted by molar-refractivity contribution is 5.94. The smallest absolute Gasteiger partial charge is 0.462 e. The van der Waals surface area contributed by atoms with E-state index in [1.54, 1.807) is 13.8 Å². The summed E-state index contributed by atoms with van der Waals surface area (Å²) in [5.41, 5.74) is 3.34. The van der Waals surface area contributed by atoms with Crippen molar-refractivity contribution in [1.29, 1.82) is 5.26 Å². The van der Waals surface area contributed by atoms with E-state index in [2.05, 4.69) is 24.9 Å². The van der Waals surface area contributed by atoms with Gasteiger partial charge in [-0.05, 0) is 12.1 Å². The summed E-state index contributed by atoms with van der Waals surface area (Å²) in [7, 11) is 0. The van der Waals surface area contributed by atoms with Crippen LogP contribution in [0.1, 0.15) is 26.5 Å². The van der Waals surface area contributed by atoms with Crippen molar-refractivity contribution in [3.05, 3.63) is 24.2 Å². The zero-order chi connectivity index (χ0) is 28.0. The summed E-state index contributed by atoms with van der Waals surface area (Å²) in [5.74, 6) is -2.06. The number of anilines is 1. The highest BCUT2D eigenvalue weighted by Gasteiger charge is 2.60. The number of hydrogen-bond acceptors (Lipinski definition) is 14. The number of aliphatic hydroxyl groups is 1. The Bertz CT molecular complexity index is 1260. The van der Waals surface area contributed by atoms with E-state index >= 15 is 0 Å². The van der Waals surface area contributed by atoms with Gasteiger partial charge >= 0.3 is 18.1 Å². The molecule has 1 saturated heterocycles. The van der Waals surface area contributed by atoms with Crippen LogP contribution in [-0.4, -0.2) is 82.0 Å². The molecule has 3 heterocycles. The first-order chi connectivity index (χ1) is 18.0. The molecule has 1 aliphatic rings. The standard InChI is InChI=1S/C22H26N6O10/c1-11(2)20(32)27-19-13-4-5-15(28(13)26-9-25-19)22(8-24)18(31)17(14(38-22)7-34-16(30)6-23)37-21(33)36-10-35-12(3)29/h4-5,9,11,14,17-18,31H,6-7,10,23H2,1-3H3,(H,25,26,27,32)/t14-,17-,18-,22+/m1/s1. The number of carbonyl (C=O) groups excluding carboxylic acids is 4. The molecule has 0 spiro atoms.